The molecule has 0 bridgehead atoms. The lowest BCUT2D eigenvalue weighted by atomic mass is 10.1. The van der Waals surface area contributed by atoms with E-state index in [1.165, 1.54) is 0 Å². The molecule has 7 heteroatoms. The molecule has 0 aromatic heterocycles. The molecule has 1 unspecified atom stereocenters. The zero-order valence-electron chi connectivity index (χ0n) is 13.5. The van der Waals surface area contributed by atoms with Gasteiger partial charge in [-0.25, -0.2) is 0 Å². The van der Waals surface area contributed by atoms with Crippen molar-refractivity contribution in [1.82, 2.24) is 0 Å². The maximum Gasteiger partial charge on any atom is 0.332 e. The van der Waals surface area contributed by atoms with Crippen LogP contribution < -0.4 is 10.6 Å². The molecule has 1 aliphatic rings. The third-order valence-electron chi connectivity index (χ3n) is 3.37. The van der Waals surface area contributed by atoms with E-state index < -0.39 is 7.60 Å². The van der Waals surface area contributed by atoms with Crippen molar-refractivity contribution in [3.63, 3.8) is 0 Å². The fraction of sp³-hybridized carbons (Fsp3) is 0.438. The van der Waals surface area contributed by atoms with E-state index in [-0.39, 0.29) is 6.04 Å². The van der Waals surface area contributed by atoms with Gasteiger partial charge >= 0.3 is 7.60 Å². The van der Waals surface area contributed by atoms with Crippen LogP contribution in [-0.4, -0.2) is 38.2 Å². The van der Waals surface area contributed by atoms with Crippen molar-refractivity contribution in [3.8, 4) is 0 Å². The fourth-order valence-electron chi connectivity index (χ4n) is 2.35. The lowest BCUT2D eigenvalue weighted by molar-refractivity contribution is -0.107. The number of aldehydes is 1. The predicted molar refractivity (Wildman–Crippen MR) is 93.2 cm³/mol. The van der Waals surface area contributed by atoms with Crippen LogP contribution in [0.3, 0.4) is 0 Å². The van der Waals surface area contributed by atoms with Gasteiger partial charge in [-0.3, -0.25) is 4.57 Å². The summed E-state index contributed by atoms with van der Waals surface area (Å²) >= 11 is 0. The van der Waals surface area contributed by atoms with E-state index in [9.17, 15) is 9.36 Å². The minimum atomic E-state index is -3.02. The van der Waals surface area contributed by atoms with Crippen LogP contribution >= 0.6 is 7.60 Å². The Bertz CT molecular complexity index is 608. The maximum absolute atomic E-state index is 12.4. The van der Waals surface area contributed by atoms with E-state index in [0.29, 0.717) is 25.9 Å². The average Bonchev–Trinajstić information content (AvgIpc) is 2.54. The minimum absolute atomic E-state index is 0.274. The van der Waals surface area contributed by atoms with Gasteiger partial charge in [-0.1, -0.05) is 12.2 Å². The Balaban J connectivity index is 1.94. The first-order valence-corrected chi connectivity index (χ1v) is 9.49. The monoisotopic (exact) mass is 338 g/mol. The zero-order valence-corrected chi connectivity index (χ0v) is 14.3. The van der Waals surface area contributed by atoms with Gasteiger partial charge in [0.2, 0.25) is 0 Å². The van der Waals surface area contributed by atoms with Crippen LogP contribution in [0.1, 0.15) is 19.4 Å². The highest BCUT2D eigenvalue weighted by Crippen LogP contribution is 2.47. The standard InChI is InChI=1S/C16H23N2O4P/c1-3-21-23(20,22-4-2)10-9-17-14-7-8-16-13(11-14)5-6-15(12-19)18-16/h5-8,11-12,15,17-18H,3-4,9-10H2,1-2H3. The zero-order chi connectivity index (χ0) is 16.7. The van der Waals surface area contributed by atoms with Crippen molar-refractivity contribution < 1.29 is 18.4 Å². The van der Waals surface area contributed by atoms with E-state index in [2.05, 4.69) is 10.6 Å². The van der Waals surface area contributed by atoms with Gasteiger partial charge in [0.15, 0.2) is 0 Å². The summed E-state index contributed by atoms with van der Waals surface area (Å²) < 4.78 is 22.9. The molecule has 0 aliphatic carbocycles. The summed E-state index contributed by atoms with van der Waals surface area (Å²) in [5, 5.41) is 6.35. The van der Waals surface area contributed by atoms with Gasteiger partial charge in [0.1, 0.15) is 12.3 Å². The van der Waals surface area contributed by atoms with Crippen LogP contribution in [0.2, 0.25) is 0 Å². The van der Waals surface area contributed by atoms with Gasteiger partial charge in [0, 0.05) is 17.9 Å². The van der Waals surface area contributed by atoms with Crippen LogP contribution in [-0.2, 0) is 18.4 Å². The molecule has 126 valence electrons. The Morgan fingerprint density at radius 1 is 1.30 bits per heavy atom. The van der Waals surface area contributed by atoms with Crippen molar-refractivity contribution in [2.45, 2.75) is 19.9 Å². The number of hydrogen-bond acceptors (Lipinski definition) is 6. The van der Waals surface area contributed by atoms with Crippen LogP contribution in [0, 0.1) is 0 Å². The molecule has 23 heavy (non-hydrogen) atoms. The SMILES string of the molecule is CCOP(=O)(CCNc1ccc2c(c1)C=CC(C=O)N2)OCC. The number of benzene rings is 1. The lowest BCUT2D eigenvalue weighted by Crippen LogP contribution is -2.21. The van der Waals surface area contributed by atoms with Gasteiger partial charge in [-0.2, -0.15) is 0 Å². The Labute approximate surface area is 136 Å². The molecule has 0 radical (unpaired) electrons. The first kappa shape index (κ1) is 17.7. The smallest absolute Gasteiger partial charge is 0.332 e. The molecule has 1 heterocycles. The molecule has 1 aromatic carbocycles. The molecule has 6 nitrogen and oxygen atoms in total. The largest absolute Gasteiger partial charge is 0.384 e. The van der Waals surface area contributed by atoms with Crippen LogP contribution in [0.5, 0.6) is 0 Å². The average molecular weight is 338 g/mol. The van der Waals surface area contributed by atoms with Crippen molar-refractivity contribution in [2.75, 3.05) is 36.6 Å². The third-order valence-corrected chi connectivity index (χ3v) is 5.44. The number of rotatable bonds is 9. The highest BCUT2D eigenvalue weighted by atomic mass is 31.2. The van der Waals surface area contributed by atoms with Crippen molar-refractivity contribution in [1.29, 1.82) is 0 Å². The van der Waals surface area contributed by atoms with E-state index in [1.807, 2.05) is 30.4 Å². The second kappa shape index (κ2) is 8.29. The first-order chi connectivity index (χ1) is 11.1. The summed E-state index contributed by atoms with van der Waals surface area (Å²) in [6, 6.07) is 5.54. The van der Waals surface area contributed by atoms with Crippen LogP contribution in [0.15, 0.2) is 24.3 Å². The van der Waals surface area contributed by atoms with Crippen molar-refractivity contribution in [3.05, 3.63) is 29.8 Å². The summed E-state index contributed by atoms with van der Waals surface area (Å²) in [7, 11) is -3.02. The Morgan fingerprint density at radius 3 is 2.70 bits per heavy atom. The molecule has 2 N–H and O–H groups in total. The normalized spacial score (nSPS) is 16.5. The van der Waals surface area contributed by atoms with E-state index >= 15 is 0 Å². The molecule has 2 rings (SSSR count). The fourth-order valence-corrected chi connectivity index (χ4v) is 3.86. The second-order valence-corrected chi connectivity index (χ2v) is 7.25. The molecule has 1 aromatic rings. The van der Waals surface area contributed by atoms with Gasteiger partial charge < -0.3 is 24.5 Å². The van der Waals surface area contributed by atoms with E-state index in [4.69, 9.17) is 9.05 Å². The predicted octanol–water partition coefficient (Wildman–Crippen LogP) is 3.37. The van der Waals surface area contributed by atoms with E-state index in [0.717, 1.165) is 23.2 Å². The third kappa shape index (κ3) is 4.93. The summed E-state index contributed by atoms with van der Waals surface area (Å²) in [5.74, 6) is 0. The van der Waals surface area contributed by atoms with Crippen molar-refractivity contribution in [2.24, 2.45) is 0 Å². The van der Waals surface area contributed by atoms with Gasteiger partial charge in [0.05, 0.1) is 19.4 Å². The highest BCUT2D eigenvalue weighted by molar-refractivity contribution is 7.53. The molecular formula is C16H23N2O4P. The minimum Gasteiger partial charge on any atom is -0.384 e. The van der Waals surface area contributed by atoms with Gasteiger partial charge in [0.25, 0.3) is 0 Å². The van der Waals surface area contributed by atoms with Crippen LogP contribution in [0.4, 0.5) is 11.4 Å². The Hall–Kier alpha value is -1.62. The number of anilines is 2. The topological polar surface area (TPSA) is 76.7 Å². The van der Waals surface area contributed by atoms with Crippen molar-refractivity contribution >= 4 is 31.3 Å². The van der Waals surface area contributed by atoms with Gasteiger partial charge in [-0.05, 0) is 37.6 Å². The number of hydrogen-bond donors (Lipinski definition) is 2. The lowest BCUT2D eigenvalue weighted by Gasteiger charge is -2.20. The summed E-state index contributed by atoms with van der Waals surface area (Å²) in [6.07, 6.45) is 4.91. The number of carbonyl (C=O) groups is 1. The second-order valence-electron chi connectivity index (χ2n) is 5.06. The molecule has 1 aliphatic heterocycles. The maximum atomic E-state index is 12.4. The Morgan fingerprint density at radius 2 is 2.04 bits per heavy atom. The quantitative estimate of drug-likeness (QED) is 0.531. The number of carbonyl (C=O) groups excluding carboxylic acids is 1. The first-order valence-electron chi connectivity index (χ1n) is 7.76. The molecular weight excluding hydrogens is 315 g/mol. The molecule has 0 amide bonds. The molecule has 0 saturated carbocycles. The van der Waals surface area contributed by atoms with E-state index in [1.54, 1.807) is 13.8 Å². The molecule has 1 atom stereocenters. The van der Waals surface area contributed by atoms with Crippen LogP contribution in [0.25, 0.3) is 6.08 Å². The number of fused-ring (bicyclic) bond motifs is 1. The number of nitrogens with one attached hydrogen (secondary N) is 2. The molecule has 0 spiro atoms. The molecule has 0 fully saturated rings. The summed E-state index contributed by atoms with van der Waals surface area (Å²) in [5.41, 5.74) is 2.84. The Kier molecular flexibility index (Phi) is 6.39. The van der Waals surface area contributed by atoms with Gasteiger partial charge in [-0.15, -0.1) is 0 Å². The summed E-state index contributed by atoms with van der Waals surface area (Å²) in [6.45, 7) is 4.82. The molecule has 0 saturated heterocycles. The summed E-state index contributed by atoms with van der Waals surface area (Å²) in [4.78, 5) is 10.8. The highest BCUT2D eigenvalue weighted by Gasteiger charge is 2.22.